The molecule has 2 nitrogen and oxygen atoms in total. The van der Waals surface area contributed by atoms with E-state index in [1.54, 1.807) is 0 Å². The molecule has 1 unspecified atom stereocenters. The lowest BCUT2D eigenvalue weighted by molar-refractivity contribution is -0.135. The number of rotatable bonds is 5. The third kappa shape index (κ3) is 5.99. The predicted molar refractivity (Wildman–Crippen MR) is 85.2 cm³/mol. The van der Waals surface area contributed by atoms with Crippen LogP contribution in [0.3, 0.4) is 0 Å². The topological polar surface area (TPSA) is 20.3 Å². The lowest BCUT2D eigenvalue weighted by atomic mass is 9.91. The molecule has 1 heterocycles. The fraction of sp³-hybridized carbons (Fsp3) is 0.833. The zero-order valence-electron chi connectivity index (χ0n) is 13.7. The van der Waals surface area contributed by atoms with Gasteiger partial charge in [0.25, 0.3) is 0 Å². The zero-order valence-corrected chi connectivity index (χ0v) is 13.7. The summed E-state index contributed by atoms with van der Waals surface area (Å²) in [6.07, 6.45) is 6.97. The Labute approximate surface area is 125 Å². The fourth-order valence-electron chi connectivity index (χ4n) is 2.84. The first-order valence-corrected chi connectivity index (χ1v) is 8.31. The van der Waals surface area contributed by atoms with Gasteiger partial charge in [-0.25, -0.2) is 0 Å². The Balaban J connectivity index is 2.21. The van der Waals surface area contributed by atoms with Crippen LogP contribution < -0.4 is 0 Å². The van der Waals surface area contributed by atoms with Gasteiger partial charge in [-0.05, 0) is 31.6 Å². The van der Waals surface area contributed by atoms with Crippen molar-refractivity contribution in [2.45, 2.75) is 66.2 Å². The average Bonchev–Trinajstić information content (AvgIpc) is 2.43. The van der Waals surface area contributed by atoms with Crippen LogP contribution in [0.15, 0.2) is 0 Å². The summed E-state index contributed by atoms with van der Waals surface area (Å²) in [5.41, 5.74) is 0. The van der Waals surface area contributed by atoms with Gasteiger partial charge in [-0.3, -0.25) is 4.79 Å². The zero-order chi connectivity index (χ0) is 15.0. The van der Waals surface area contributed by atoms with Crippen molar-refractivity contribution in [3.8, 4) is 11.8 Å². The maximum absolute atomic E-state index is 11.9. The lowest BCUT2D eigenvalue weighted by Gasteiger charge is -2.32. The van der Waals surface area contributed by atoms with E-state index in [0.29, 0.717) is 11.8 Å². The van der Waals surface area contributed by atoms with Crippen LogP contribution in [0.25, 0.3) is 0 Å². The van der Waals surface area contributed by atoms with Crippen LogP contribution in [-0.2, 0) is 4.79 Å². The van der Waals surface area contributed by atoms with E-state index in [-0.39, 0.29) is 5.92 Å². The summed E-state index contributed by atoms with van der Waals surface area (Å²) in [5, 5.41) is 0. The molecule has 0 radical (unpaired) electrons. The van der Waals surface area contributed by atoms with E-state index in [9.17, 15) is 4.79 Å². The highest BCUT2D eigenvalue weighted by atomic mass is 16.2. The lowest BCUT2D eigenvalue weighted by Crippen LogP contribution is -2.40. The molecule has 0 bridgehead atoms. The van der Waals surface area contributed by atoms with E-state index in [0.717, 1.165) is 38.3 Å². The Bertz CT molecular complexity index is 342. The molecule has 1 fully saturated rings. The average molecular weight is 277 g/mol. The van der Waals surface area contributed by atoms with Gasteiger partial charge in [-0.1, -0.05) is 34.1 Å². The molecule has 20 heavy (non-hydrogen) atoms. The standard InChI is InChI=1S/C18H31NO/c1-5-8-16(4)9-6-7-10-17-11-13-19(14-12-17)18(20)15(2)3/h15-17H,5,7-8,10-14H2,1-4H3. The summed E-state index contributed by atoms with van der Waals surface area (Å²) in [5.74, 6) is 8.45. The van der Waals surface area contributed by atoms with Gasteiger partial charge in [0.2, 0.25) is 5.91 Å². The third-order valence-electron chi connectivity index (χ3n) is 4.17. The molecule has 0 aromatic rings. The second kappa shape index (κ2) is 9.06. The molecule has 0 saturated carbocycles. The third-order valence-corrected chi connectivity index (χ3v) is 4.17. The molecule has 0 aromatic heterocycles. The van der Waals surface area contributed by atoms with Crippen molar-refractivity contribution < 1.29 is 4.79 Å². The number of nitrogens with zero attached hydrogens (tertiary/aromatic N) is 1. The Kier molecular flexibility index (Phi) is 7.73. The summed E-state index contributed by atoms with van der Waals surface area (Å²) in [4.78, 5) is 13.9. The first-order valence-electron chi connectivity index (χ1n) is 8.31. The van der Waals surface area contributed by atoms with Crippen molar-refractivity contribution >= 4 is 5.91 Å². The monoisotopic (exact) mass is 277 g/mol. The van der Waals surface area contributed by atoms with Gasteiger partial charge >= 0.3 is 0 Å². The van der Waals surface area contributed by atoms with E-state index in [1.807, 2.05) is 18.7 Å². The Morgan fingerprint density at radius 1 is 1.25 bits per heavy atom. The van der Waals surface area contributed by atoms with Gasteiger partial charge < -0.3 is 4.90 Å². The number of hydrogen-bond acceptors (Lipinski definition) is 1. The van der Waals surface area contributed by atoms with Crippen LogP contribution in [0.5, 0.6) is 0 Å². The molecule has 1 rings (SSSR count). The van der Waals surface area contributed by atoms with Crippen LogP contribution >= 0.6 is 0 Å². The molecular weight excluding hydrogens is 246 g/mol. The number of amides is 1. The number of hydrogen-bond donors (Lipinski definition) is 0. The molecule has 1 saturated heterocycles. The molecule has 0 aliphatic carbocycles. The van der Waals surface area contributed by atoms with Gasteiger partial charge in [0.05, 0.1) is 0 Å². The largest absolute Gasteiger partial charge is 0.342 e. The summed E-state index contributed by atoms with van der Waals surface area (Å²) in [6, 6.07) is 0. The van der Waals surface area contributed by atoms with Gasteiger partial charge in [-0.15, -0.1) is 11.8 Å². The van der Waals surface area contributed by atoms with Crippen LogP contribution in [0.1, 0.15) is 66.2 Å². The molecule has 1 aliphatic heterocycles. The quantitative estimate of drug-likeness (QED) is 0.693. The van der Waals surface area contributed by atoms with Gasteiger partial charge in [0.1, 0.15) is 0 Å². The molecular formula is C18H31NO. The number of carbonyl (C=O) groups excluding carboxylic acids is 1. The molecule has 0 aromatic carbocycles. The predicted octanol–water partition coefficient (Wildman–Crippen LogP) is 4.10. The van der Waals surface area contributed by atoms with Crippen molar-refractivity contribution in [2.75, 3.05) is 13.1 Å². The highest BCUT2D eigenvalue weighted by Crippen LogP contribution is 2.22. The first kappa shape index (κ1) is 17.1. The fourth-order valence-corrected chi connectivity index (χ4v) is 2.84. The van der Waals surface area contributed by atoms with Crippen molar-refractivity contribution in [1.82, 2.24) is 4.90 Å². The molecule has 114 valence electrons. The first-order chi connectivity index (χ1) is 9.54. The molecule has 1 aliphatic rings. The minimum Gasteiger partial charge on any atom is -0.342 e. The summed E-state index contributed by atoms with van der Waals surface area (Å²) in [7, 11) is 0. The molecule has 2 heteroatoms. The van der Waals surface area contributed by atoms with Crippen LogP contribution in [0.2, 0.25) is 0 Å². The van der Waals surface area contributed by atoms with Crippen molar-refractivity contribution in [1.29, 1.82) is 0 Å². The van der Waals surface area contributed by atoms with E-state index < -0.39 is 0 Å². The number of likely N-dealkylation sites (tertiary alicyclic amines) is 1. The smallest absolute Gasteiger partial charge is 0.225 e. The molecule has 1 amide bonds. The maximum atomic E-state index is 11.9. The maximum Gasteiger partial charge on any atom is 0.225 e. The Hall–Kier alpha value is -0.970. The van der Waals surface area contributed by atoms with Gasteiger partial charge in [0.15, 0.2) is 0 Å². The minimum absolute atomic E-state index is 0.137. The van der Waals surface area contributed by atoms with Crippen molar-refractivity contribution in [3.63, 3.8) is 0 Å². The van der Waals surface area contributed by atoms with Crippen LogP contribution in [-0.4, -0.2) is 23.9 Å². The van der Waals surface area contributed by atoms with Gasteiger partial charge in [-0.2, -0.15) is 0 Å². The highest BCUT2D eigenvalue weighted by Gasteiger charge is 2.23. The normalized spacial score (nSPS) is 17.8. The number of piperidine rings is 1. The molecule has 0 spiro atoms. The van der Waals surface area contributed by atoms with Crippen molar-refractivity contribution in [2.24, 2.45) is 17.8 Å². The van der Waals surface area contributed by atoms with Crippen molar-refractivity contribution in [3.05, 3.63) is 0 Å². The van der Waals surface area contributed by atoms with E-state index in [4.69, 9.17) is 0 Å². The van der Waals surface area contributed by atoms with E-state index >= 15 is 0 Å². The summed E-state index contributed by atoms with van der Waals surface area (Å²) >= 11 is 0. The van der Waals surface area contributed by atoms with Crippen LogP contribution in [0, 0.1) is 29.6 Å². The Morgan fingerprint density at radius 3 is 2.45 bits per heavy atom. The molecule has 1 atom stereocenters. The molecule has 0 N–H and O–H groups in total. The Morgan fingerprint density at radius 2 is 1.90 bits per heavy atom. The van der Waals surface area contributed by atoms with Gasteiger partial charge in [0, 0.05) is 31.3 Å². The minimum atomic E-state index is 0.137. The number of carbonyl (C=O) groups is 1. The second-order valence-corrected chi connectivity index (χ2v) is 6.47. The summed E-state index contributed by atoms with van der Waals surface area (Å²) < 4.78 is 0. The summed E-state index contributed by atoms with van der Waals surface area (Å²) in [6.45, 7) is 10.3. The SMILES string of the molecule is CCCC(C)C#CCCC1CCN(C(=O)C(C)C)CC1. The second-order valence-electron chi connectivity index (χ2n) is 6.47. The van der Waals surface area contributed by atoms with E-state index in [2.05, 4.69) is 25.7 Å². The van der Waals surface area contributed by atoms with Crippen LogP contribution in [0.4, 0.5) is 0 Å². The highest BCUT2D eigenvalue weighted by molar-refractivity contribution is 5.78. The van der Waals surface area contributed by atoms with E-state index in [1.165, 1.54) is 19.3 Å².